The van der Waals surface area contributed by atoms with E-state index in [9.17, 15) is 0 Å². The molecule has 0 unspecified atom stereocenters. The first kappa shape index (κ1) is 34.1. The van der Waals surface area contributed by atoms with Gasteiger partial charge in [0.1, 0.15) is 0 Å². The van der Waals surface area contributed by atoms with Crippen molar-refractivity contribution in [2.24, 2.45) is 0 Å². The fraction of sp³-hybridized carbons (Fsp3) is 0. The van der Waals surface area contributed by atoms with E-state index in [4.69, 9.17) is 29.3 Å². The minimum Gasteiger partial charge on any atom is -0.434 e. The second-order valence-corrected chi connectivity index (χ2v) is 14.4. The highest BCUT2D eigenvalue weighted by atomic mass is 16.3. The number of aromatic nitrogens is 6. The Labute approximate surface area is 339 Å². The second kappa shape index (κ2) is 14.4. The van der Waals surface area contributed by atoms with E-state index in [0.717, 1.165) is 72.5 Å². The number of fused-ring (bicyclic) bond motifs is 3. The Bertz CT molecular complexity index is 3130. The van der Waals surface area contributed by atoms with Gasteiger partial charge in [0, 0.05) is 45.1 Å². The summed E-state index contributed by atoms with van der Waals surface area (Å²) in [6.45, 7) is 0. The van der Waals surface area contributed by atoms with E-state index >= 15 is 0 Å². The zero-order chi connectivity index (χ0) is 39.1. The summed E-state index contributed by atoms with van der Waals surface area (Å²) < 4.78 is 6.33. The molecule has 0 saturated carbocycles. The molecule has 0 radical (unpaired) electrons. The minimum absolute atomic E-state index is 0.421. The number of nitrogens with zero attached hydrogens (tertiary/aromatic N) is 6. The fourth-order valence-electron chi connectivity index (χ4n) is 7.56. The molecule has 0 aliphatic carbocycles. The van der Waals surface area contributed by atoms with Crippen molar-refractivity contribution in [3.63, 3.8) is 0 Å². The van der Waals surface area contributed by atoms with Gasteiger partial charge in [-0.05, 0) is 76.1 Å². The van der Waals surface area contributed by atoms with Gasteiger partial charge in [-0.2, -0.15) is 4.98 Å². The van der Waals surface area contributed by atoms with Crippen molar-refractivity contribution in [2.75, 3.05) is 0 Å². The van der Waals surface area contributed by atoms with Crippen LogP contribution in [-0.4, -0.2) is 29.9 Å². The summed E-state index contributed by atoms with van der Waals surface area (Å²) in [5.74, 6) is 1.51. The molecule has 0 spiro atoms. The quantitative estimate of drug-likeness (QED) is 0.160. The van der Waals surface area contributed by atoms with Gasteiger partial charge in [0.25, 0.3) is 0 Å². The third-order valence-electron chi connectivity index (χ3n) is 10.5. The molecule has 0 bridgehead atoms. The van der Waals surface area contributed by atoms with Crippen LogP contribution in [0.4, 0.5) is 0 Å². The summed E-state index contributed by atoms with van der Waals surface area (Å²) in [6.07, 6.45) is 1.71. The molecule has 0 aliphatic heterocycles. The van der Waals surface area contributed by atoms with Gasteiger partial charge in [0.2, 0.25) is 5.89 Å². The van der Waals surface area contributed by atoms with Gasteiger partial charge in [0.05, 0.1) is 22.8 Å². The molecule has 0 fully saturated rings. The van der Waals surface area contributed by atoms with E-state index in [1.54, 1.807) is 6.20 Å². The van der Waals surface area contributed by atoms with Crippen molar-refractivity contribution in [2.45, 2.75) is 0 Å². The van der Waals surface area contributed by atoms with Crippen LogP contribution in [0.3, 0.4) is 0 Å². The number of pyridine rings is 1. The predicted molar refractivity (Wildman–Crippen MR) is 236 cm³/mol. The molecule has 276 valence electrons. The Kier molecular flexibility index (Phi) is 8.33. The van der Waals surface area contributed by atoms with Crippen LogP contribution in [0.25, 0.3) is 112 Å². The minimum atomic E-state index is 0.421. The van der Waals surface area contributed by atoms with E-state index in [0.29, 0.717) is 28.8 Å². The maximum atomic E-state index is 6.33. The molecule has 4 heterocycles. The number of benzene rings is 7. The van der Waals surface area contributed by atoms with Gasteiger partial charge in [-0.15, -0.1) is 0 Å². The molecular formula is C52H32N6O. The highest BCUT2D eigenvalue weighted by molar-refractivity contribution is 5.89. The lowest BCUT2D eigenvalue weighted by molar-refractivity contribution is 0.619. The topological polar surface area (TPSA) is 90.5 Å². The van der Waals surface area contributed by atoms with E-state index in [1.165, 1.54) is 10.8 Å². The zero-order valence-electron chi connectivity index (χ0n) is 31.6. The van der Waals surface area contributed by atoms with Crippen molar-refractivity contribution in [1.82, 2.24) is 29.9 Å². The first-order valence-corrected chi connectivity index (χ1v) is 19.4. The lowest BCUT2D eigenvalue weighted by Gasteiger charge is -2.13. The normalized spacial score (nSPS) is 11.4. The Morgan fingerprint density at radius 2 is 0.763 bits per heavy atom. The number of rotatable bonds is 7. The largest absolute Gasteiger partial charge is 0.434 e. The summed E-state index contributed by atoms with van der Waals surface area (Å²) >= 11 is 0. The summed E-state index contributed by atoms with van der Waals surface area (Å²) in [5, 5.41) is 4.61. The fourth-order valence-corrected chi connectivity index (χ4v) is 7.56. The molecule has 11 aromatic rings. The predicted octanol–water partition coefficient (Wildman–Crippen LogP) is 12.8. The molecule has 0 aliphatic rings. The molecule has 11 rings (SSSR count). The van der Waals surface area contributed by atoms with Crippen LogP contribution in [0.2, 0.25) is 0 Å². The Balaban J connectivity index is 1.15. The average Bonchev–Trinajstić information content (AvgIpc) is 3.76. The maximum absolute atomic E-state index is 6.33. The molecule has 0 saturated heterocycles. The van der Waals surface area contributed by atoms with Gasteiger partial charge in [0.15, 0.2) is 22.9 Å². The third kappa shape index (κ3) is 6.66. The Morgan fingerprint density at radius 3 is 1.27 bits per heavy atom. The number of hydrogen-bond acceptors (Lipinski definition) is 7. The second-order valence-electron chi connectivity index (χ2n) is 14.4. The molecule has 0 atom stereocenters. The zero-order valence-corrected chi connectivity index (χ0v) is 31.6. The van der Waals surface area contributed by atoms with Gasteiger partial charge >= 0.3 is 0 Å². The average molecular weight is 757 g/mol. The van der Waals surface area contributed by atoms with E-state index in [2.05, 4.69) is 132 Å². The third-order valence-corrected chi connectivity index (χ3v) is 10.5. The molecule has 4 aromatic heterocycles. The van der Waals surface area contributed by atoms with Crippen molar-refractivity contribution in [3.8, 4) is 79.3 Å². The van der Waals surface area contributed by atoms with Gasteiger partial charge < -0.3 is 4.42 Å². The van der Waals surface area contributed by atoms with Gasteiger partial charge in [-0.25, -0.2) is 24.9 Å². The van der Waals surface area contributed by atoms with Crippen LogP contribution >= 0.6 is 0 Å². The molecule has 7 aromatic carbocycles. The van der Waals surface area contributed by atoms with E-state index in [-0.39, 0.29) is 0 Å². The van der Waals surface area contributed by atoms with Crippen LogP contribution in [-0.2, 0) is 0 Å². The first-order valence-electron chi connectivity index (χ1n) is 19.4. The molecule has 0 amide bonds. The van der Waals surface area contributed by atoms with Crippen molar-refractivity contribution < 1.29 is 4.42 Å². The van der Waals surface area contributed by atoms with Crippen LogP contribution in [0.15, 0.2) is 199 Å². The van der Waals surface area contributed by atoms with Gasteiger partial charge in [-0.3, -0.25) is 0 Å². The van der Waals surface area contributed by atoms with Crippen molar-refractivity contribution in [3.05, 3.63) is 194 Å². The lowest BCUT2D eigenvalue weighted by Crippen LogP contribution is -1.99. The monoisotopic (exact) mass is 756 g/mol. The number of hydrogen-bond donors (Lipinski definition) is 0. The smallest absolute Gasteiger partial charge is 0.228 e. The lowest BCUT2D eigenvalue weighted by atomic mass is 10.0. The first-order chi connectivity index (χ1) is 29.2. The van der Waals surface area contributed by atoms with Crippen molar-refractivity contribution >= 4 is 32.8 Å². The standard InChI is InChI=1S/C52H32N6O/c1-3-14-35(15-4-1)44-31-46(39-23-21-33-12-7-9-18-37(33)26-39)56-49(54-44)41-28-42(30-43(29-41)52-58-51-48(59-52)20-11-25-53-51)50-55-45(36-16-5-2-6-17-36)32-47(57-50)40-24-22-34-13-8-10-19-38(34)27-40/h1-32H. The van der Waals surface area contributed by atoms with Crippen LogP contribution < -0.4 is 0 Å². The summed E-state index contributed by atoms with van der Waals surface area (Å²) in [4.78, 5) is 30.2. The molecule has 7 nitrogen and oxygen atoms in total. The van der Waals surface area contributed by atoms with Crippen molar-refractivity contribution in [1.29, 1.82) is 0 Å². The molecular weight excluding hydrogens is 725 g/mol. The van der Waals surface area contributed by atoms with Gasteiger partial charge in [-0.1, -0.05) is 133 Å². The van der Waals surface area contributed by atoms with Crippen LogP contribution in [0.5, 0.6) is 0 Å². The summed E-state index contributed by atoms with van der Waals surface area (Å²) in [7, 11) is 0. The Morgan fingerprint density at radius 1 is 0.305 bits per heavy atom. The van der Waals surface area contributed by atoms with E-state index < -0.39 is 0 Å². The summed E-state index contributed by atoms with van der Waals surface area (Å²) in [5.41, 5.74) is 10.5. The molecule has 7 heteroatoms. The molecule has 59 heavy (non-hydrogen) atoms. The SMILES string of the molecule is c1ccc(-c2cc(-c3ccc4ccccc4c3)nc(-c3cc(-c4nc(-c5ccccc5)cc(-c5ccc6ccccc6c5)n4)cc(-c4nc5ncccc5o4)c3)n2)cc1. The molecule has 0 N–H and O–H groups in total. The van der Waals surface area contributed by atoms with Crippen LogP contribution in [0, 0.1) is 0 Å². The Hall–Kier alpha value is -8.16. The maximum Gasteiger partial charge on any atom is 0.228 e. The summed E-state index contributed by atoms with van der Waals surface area (Å²) in [6, 6.07) is 63.9. The van der Waals surface area contributed by atoms with Crippen LogP contribution in [0.1, 0.15) is 0 Å². The number of oxazole rings is 1. The van der Waals surface area contributed by atoms with E-state index in [1.807, 2.05) is 60.7 Å². The highest BCUT2D eigenvalue weighted by Gasteiger charge is 2.19. The highest BCUT2D eigenvalue weighted by Crippen LogP contribution is 2.36.